The third-order valence-corrected chi connectivity index (χ3v) is 7.40. The Balaban J connectivity index is 2.12. The third-order valence-electron chi connectivity index (χ3n) is 5.75. The third kappa shape index (κ3) is 2.83. The van der Waals surface area contributed by atoms with E-state index in [-0.39, 0.29) is 5.54 Å². The monoisotopic (exact) mass is 288 g/mol. The molecule has 0 amide bonds. The highest BCUT2D eigenvalue weighted by Gasteiger charge is 2.46. The zero-order valence-electron chi connectivity index (χ0n) is 12.3. The van der Waals surface area contributed by atoms with Gasteiger partial charge in [-0.25, -0.2) is 8.42 Å². The quantitative estimate of drug-likeness (QED) is 0.849. The van der Waals surface area contributed by atoms with Gasteiger partial charge in [-0.15, -0.1) is 0 Å². The molecule has 2 fully saturated rings. The minimum absolute atomic E-state index is 0.0581. The first-order chi connectivity index (χ1) is 8.91. The second-order valence-corrected chi connectivity index (χ2v) is 8.76. The van der Waals surface area contributed by atoms with Crippen LogP contribution >= 0.6 is 0 Å². The number of hydrogen-bond donors (Lipinski definition) is 1. The van der Waals surface area contributed by atoms with E-state index < -0.39 is 9.84 Å². The van der Waals surface area contributed by atoms with E-state index in [2.05, 4.69) is 18.7 Å². The molecule has 2 aliphatic rings. The minimum Gasteiger partial charge on any atom is -0.329 e. The van der Waals surface area contributed by atoms with E-state index in [1.165, 1.54) is 19.3 Å². The van der Waals surface area contributed by atoms with Crippen molar-refractivity contribution in [3.63, 3.8) is 0 Å². The lowest BCUT2D eigenvalue weighted by atomic mass is 9.81. The standard InChI is InChI=1S/C14H28N2O2S/c1-3-13(4-2)5-8-16(12-13)14(11-15)6-9-19(17,18)10-7-14/h3-12,15H2,1-2H3. The lowest BCUT2D eigenvalue weighted by Crippen LogP contribution is -2.57. The van der Waals surface area contributed by atoms with Crippen LogP contribution in [0.5, 0.6) is 0 Å². The van der Waals surface area contributed by atoms with E-state index in [9.17, 15) is 8.42 Å². The molecule has 2 aliphatic heterocycles. The summed E-state index contributed by atoms with van der Waals surface area (Å²) in [5.74, 6) is 0.623. The van der Waals surface area contributed by atoms with Crippen LogP contribution in [0.3, 0.4) is 0 Å². The Morgan fingerprint density at radius 2 is 1.68 bits per heavy atom. The van der Waals surface area contributed by atoms with Gasteiger partial charge in [0, 0.05) is 18.6 Å². The molecule has 0 bridgehead atoms. The Morgan fingerprint density at radius 1 is 1.11 bits per heavy atom. The fourth-order valence-corrected chi connectivity index (χ4v) is 5.32. The van der Waals surface area contributed by atoms with E-state index in [4.69, 9.17) is 5.73 Å². The first kappa shape index (κ1) is 15.3. The van der Waals surface area contributed by atoms with Gasteiger partial charge in [0.2, 0.25) is 0 Å². The zero-order valence-corrected chi connectivity index (χ0v) is 13.1. The maximum absolute atomic E-state index is 11.6. The summed E-state index contributed by atoms with van der Waals surface area (Å²) in [4.78, 5) is 2.51. The maximum Gasteiger partial charge on any atom is 0.150 e. The smallest absolute Gasteiger partial charge is 0.150 e. The first-order valence-corrected chi connectivity index (χ1v) is 9.39. The van der Waals surface area contributed by atoms with Crippen LogP contribution in [0, 0.1) is 5.41 Å². The van der Waals surface area contributed by atoms with E-state index in [0.717, 1.165) is 25.9 Å². The summed E-state index contributed by atoms with van der Waals surface area (Å²) >= 11 is 0. The number of hydrogen-bond acceptors (Lipinski definition) is 4. The van der Waals surface area contributed by atoms with Gasteiger partial charge in [-0.05, 0) is 44.1 Å². The zero-order chi connectivity index (χ0) is 14.1. The van der Waals surface area contributed by atoms with E-state index in [1.807, 2.05) is 0 Å². The summed E-state index contributed by atoms with van der Waals surface area (Å²) in [6.07, 6.45) is 5.08. The largest absolute Gasteiger partial charge is 0.329 e. The highest BCUT2D eigenvalue weighted by atomic mass is 32.2. The molecule has 0 aliphatic carbocycles. The van der Waals surface area contributed by atoms with Gasteiger partial charge in [-0.1, -0.05) is 13.8 Å². The van der Waals surface area contributed by atoms with Crippen molar-refractivity contribution in [2.45, 2.75) is 51.5 Å². The van der Waals surface area contributed by atoms with Crippen LogP contribution in [0.15, 0.2) is 0 Å². The van der Waals surface area contributed by atoms with Crippen LogP contribution < -0.4 is 5.73 Å². The van der Waals surface area contributed by atoms with E-state index in [1.54, 1.807) is 0 Å². The van der Waals surface area contributed by atoms with Crippen molar-refractivity contribution in [1.29, 1.82) is 0 Å². The molecule has 0 aromatic carbocycles. The highest BCUT2D eigenvalue weighted by Crippen LogP contribution is 2.42. The number of nitrogens with zero attached hydrogens (tertiary/aromatic N) is 1. The van der Waals surface area contributed by atoms with Crippen LogP contribution in [0.25, 0.3) is 0 Å². The van der Waals surface area contributed by atoms with Gasteiger partial charge in [0.25, 0.3) is 0 Å². The van der Waals surface area contributed by atoms with Crippen molar-refractivity contribution < 1.29 is 8.42 Å². The molecule has 0 aromatic rings. The molecule has 2 heterocycles. The van der Waals surface area contributed by atoms with Crippen LogP contribution in [-0.2, 0) is 9.84 Å². The summed E-state index contributed by atoms with van der Waals surface area (Å²) in [6, 6.07) is 0. The summed E-state index contributed by atoms with van der Waals surface area (Å²) in [7, 11) is -2.82. The Bertz CT molecular complexity index is 401. The summed E-state index contributed by atoms with van der Waals surface area (Å²) in [5.41, 5.74) is 6.41. The Hall–Kier alpha value is -0.130. The van der Waals surface area contributed by atoms with Crippen molar-refractivity contribution in [1.82, 2.24) is 4.90 Å². The average molecular weight is 288 g/mol. The van der Waals surface area contributed by atoms with Gasteiger partial charge in [-0.3, -0.25) is 4.90 Å². The predicted molar refractivity (Wildman–Crippen MR) is 78.9 cm³/mol. The summed E-state index contributed by atoms with van der Waals surface area (Å²) < 4.78 is 23.3. The molecule has 2 rings (SSSR count). The molecule has 0 saturated carbocycles. The summed E-state index contributed by atoms with van der Waals surface area (Å²) in [6.45, 7) is 7.31. The topological polar surface area (TPSA) is 63.4 Å². The molecule has 0 unspecified atom stereocenters. The fourth-order valence-electron chi connectivity index (χ4n) is 3.73. The second-order valence-electron chi connectivity index (χ2n) is 6.46. The van der Waals surface area contributed by atoms with E-state index in [0.29, 0.717) is 23.5 Å². The molecule has 5 heteroatoms. The fraction of sp³-hybridized carbons (Fsp3) is 1.00. The molecule has 4 nitrogen and oxygen atoms in total. The molecule has 0 aromatic heterocycles. The molecule has 19 heavy (non-hydrogen) atoms. The van der Waals surface area contributed by atoms with E-state index >= 15 is 0 Å². The lowest BCUT2D eigenvalue weighted by molar-refractivity contribution is 0.0923. The summed E-state index contributed by atoms with van der Waals surface area (Å²) in [5, 5.41) is 0. The molecule has 0 radical (unpaired) electrons. The van der Waals surface area contributed by atoms with Crippen LogP contribution in [0.2, 0.25) is 0 Å². The number of sulfone groups is 1. The number of rotatable bonds is 4. The number of likely N-dealkylation sites (tertiary alicyclic amines) is 1. The van der Waals surface area contributed by atoms with Crippen molar-refractivity contribution in [3.8, 4) is 0 Å². The second kappa shape index (κ2) is 5.34. The normalized spacial score (nSPS) is 29.4. The SMILES string of the molecule is CCC1(CC)CCN(C2(CN)CCS(=O)(=O)CC2)C1. The van der Waals surface area contributed by atoms with Crippen LogP contribution in [-0.4, -0.2) is 50.0 Å². The molecular formula is C14H28N2O2S. The minimum atomic E-state index is -2.82. The number of nitrogens with two attached hydrogens (primary N) is 1. The highest BCUT2D eigenvalue weighted by molar-refractivity contribution is 7.91. The van der Waals surface area contributed by atoms with Gasteiger partial charge in [0.15, 0.2) is 0 Å². The first-order valence-electron chi connectivity index (χ1n) is 7.56. The van der Waals surface area contributed by atoms with Crippen LogP contribution in [0.4, 0.5) is 0 Å². The van der Waals surface area contributed by atoms with Gasteiger partial charge in [0.1, 0.15) is 9.84 Å². The molecule has 2 N–H and O–H groups in total. The Morgan fingerprint density at radius 3 is 2.11 bits per heavy atom. The predicted octanol–water partition coefficient (Wildman–Crippen LogP) is 1.40. The van der Waals surface area contributed by atoms with Crippen molar-refractivity contribution in [3.05, 3.63) is 0 Å². The molecule has 2 saturated heterocycles. The molecule has 112 valence electrons. The van der Waals surface area contributed by atoms with Crippen molar-refractivity contribution in [2.75, 3.05) is 31.1 Å². The van der Waals surface area contributed by atoms with Gasteiger partial charge in [0.05, 0.1) is 11.5 Å². The van der Waals surface area contributed by atoms with Gasteiger partial charge >= 0.3 is 0 Å². The lowest BCUT2D eigenvalue weighted by Gasteiger charge is -2.44. The molecule has 0 spiro atoms. The Labute approximate surface area is 117 Å². The van der Waals surface area contributed by atoms with Gasteiger partial charge < -0.3 is 5.73 Å². The molecule has 0 atom stereocenters. The van der Waals surface area contributed by atoms with Crippen molar-refractivity contribution >= 4 is 9.84 Å². The van der Waals surface area contributed by atoms with Gasteiger partial charge in [-0.2, -0.15) is 0 Å². The van der Waals surface area contributed by atoms with Crippen molar-refractivity contribution in [2.24, 2.45) is 11.1 Å². The maximum atomic E-state index is 11.6. The Kier molecular flexibility index (Phi) is 4.29. The van der Waals surface area contributed by atoms with Crippen LogP contribution in [0.1, 0.15) is 46.0 Å². The average Bonchev–Trinajstić information content (AvgIpc) is 2.85. The molecular weight excluding hydrogens is 260 g/mol.